The average molecular weight is 264 g/mol. The highest BCUT2D eigenvalue weighted by atomic mass is 19.1. The first-order valence-corrected chi connectivity index (χ1v) is 6.43. The number of ether oxygens (including phenoxy) is 2. The standard InChI is InChI=1S/C15H17FO3/c16-13-7-6-12(4-1-2-8-17)15(10-13)19-14-5-3-9-18-11-14/h6-7,10,14,17H,2-3,5,8-9,11H2. The van der Waals surface area contributed by atoms with Crippen LogP contribution in [0.25, 0.3) is 0 Å². The molecule has 2 rings (SSSR count). The fraction of sp³-hybridized carbons (Fsp3) is 0.467. The van der Waals surface area contributed by atoms with Crippen LogP contribution in [0.4, 0.5) is 4.39 Å². The maximum atomic E-state index is 13.3. The third kappa shape index (κ3) is 4.23. The van der Waals surface area contributed by atoms with Crippen molar-refractivity contribution >= 4 is 0 Å². The summed E-state index contributed by atoms with van der Waals surface area (Å²) in [6, 6.07) is 4.30. The van der Waals surface area contributed by atoms with Crippen molar-refractivity contribution in [2.45, 2.75) is 25.4 Å². The lowest BCUT2D eigenvalue weighted by molar-refractivity contribution is 0.00720. The summed E-state index contributed by atoms with van der Waals surface area (Å²) in [7, 11) is 0. The Morgan fingerprint density at radius 2 is 2.37 bits per heavy atom. The van der Waals surface area contributed by atoms with Crippen LogP contribution in [0.5, 0.6) is 5.75 Å². The number of benzene rings is 1. The van der Waals surface area contributed by atoms with Crippen molar-refractivity contribution in [1.29, 1.82) is 0 Å². The van der Waals surface area contributed by atoms with E-state index in [1.54, 1.807) is 6.07 Å². The lowest BCUT2D eigenvalue weighted by Gasteiger charge is -2.23. The van der Waals surface area contributed by atoms with Crippen LogP contribution >= 0.6 is 0 Å². The van der Waals surface area contributed by atoms with E-state index in [1.165, 1.54) is 12.1 Å². The second kappa shape index (κ2) is 7.13. The molecule has 1 unspecified atom stereocenters. The van der Waals surface area contributed by atoms with Crippen molar-refractivity contribution in [2.75, 3.05) is 19.8 Å². The van der Waals surface area contributed by atoms with Gasteiger partial charge in [-0.05, 0) is 25.0 Å². The van der Waals surface area contributed by atoms with Gasteiger partial charge in [0.05, 0.1) is 18.8 Å². The van der Waals surface area contributed by atoms with E-state index in [4.69, 9.17) is 14.6 Å². The summed E-state index contributed by atoms with van der Waals surface area (Å²) < 4.78 is 24.4. The molecule has 19 heavy (non-hydrogen) atoms. The first-order valence-electron chi connectivity index (χ1n) is 6.43. The van der Waals surface area contributed by atoms with Crippen molar-refractivity contribution in [1.82, 2.24) is 0 Å². The van der Waals surface area contributed by atoms with Gasteiger partial charge in [-0.15, -0.1) is 0 Å². The summed E-state index contributed by atoms with van der Waals surface area (Å²) in [5.74, 6) is 5.80. The van der Waals surface area contributed by atoms with Gasteiger partial charge >= 0.3 is 0 Å². The van der Waals surface area contributed by atoms with Crippen molar-refractivity contribution in [3.8, 4) is 17.6 Å². The highest BCUT2D eigenvalue weighted by Gasteiger charge is 2.17. The molecule has 4 heteroatoms. The predicted molar refractivity (Wildman–Crippen MR) is 69.4 cm³/mol. The van der Waals surface area contributed by atoms with E-state index in [-0.39, 0.29) is 18.5 Å². The van der Waals surface area contributed by atoms with E-state index in [2.05, 4.69) is 11.8 Å². The van der Waals surface area contributed by atoms with Crippen LogP contribution in [0.3, 0.4) is 0 Å². The maximum absolute atomic E-state index is 13.3. The third-order valence-electron chi connectivity index (χ3n) is 2.82. The summed E-state index contributed by atoms with van der Waals surface area (Å²) in [6.45, 7) is 1.30. The Kier molecular flexibility index (Phi) is 5.20. The van der Waals surface area contributed by atoms with Gasteiger partial charge in [-0.25, -0.2) is 4.39 Å². The first-order chi connectivity index (χ1) is 9.29. The fourth-order valence-electron chi connectivity index (χ4n) is 1.89. The van der Waals surface area contributed by atoms with Gasteiger partial charge in [-0.3, -0.25) is 0 Å². The van der Waals surface area contributed by atoms with Gasteiger partial charge < -0.3 is 14.6 Å². The molecule has 3 nitrogen and oxygen atoms in total. The molecular formula is C15H17FO3. The molecule has 1 saturated heterocycles. The monoisotopic (exact) mass is 264 g/mol. The quantitative estimate of drug-likeness (QED) is 0.850. The molecule has 102 valence electrons. The minimum atomic E-state index is -0.348. The lowest BCUT2D eigenvalue weighted by Crippen LogP contribution is -2.28. The van der Waals surface area contributed by atoms with Crippen molar-refractivity contribution in [3.05, 3.63) is 29.6 Å². The van der Waals surface area contributed by atoms with Crippen LogP contribution in [0, 0.1) is 17.7 Å². The number of rotatable bonds is 3. The fourth-order valence-corrected chi connectivity index (χ4v) is 1.89. The normalized spacial score (nSPS) is 18.5. The maximum Gasteiger partial charge on any atom is 0.138 e. The van der Waals surface area contributed by atoms with Gasteiger partial charge in [0.15, 0.2) is 0 Å². The molecule has 1 aromatic carbocycles. The van der Waals surface area contributed by atoms with Gasteiger partial charge in [0, 0.05) is 19.1 Å². The molecule has 1 fully saturated rings. The number of halogens is 1. The number of hydrogen-bond donors (Lipinski definition) is 1. The summed E-state index contributed by atoms with van der Waals surface area (Å²) in [6.07, 6.45) is 2.20. The Morgan fingerprint density at radius 3 is 3.11 bits per heavy atom. The van der Waals surface area contributed by atoms with Crippen LogP contribution in [0.2, 0.25) is 0 Å². The molecule has 0 spiro atoms. The predicted octanol–water partition coefficient (Wildman–Crippen LogP) is 2.12. The van der Waals surface area contributed by atoms with E-state index < -0.39 is 0 Å². The molecule has 1 aliphatic rings. The van der Waals surface area contributed by atoms with E-state index in [1.807, 2.05) is 0 Å². The molecule has 1 aromatic rings. The second-order valence-electron chi connectivity index (χ2n) is 4.37. The number of hydrogen-bond acceptors (Lipinski definition) is 3. The number of aliphatic hydroxyl groups is 1. The Bertz CT molecular complexity index is 470. The van der Waals surface area contributed by atoms with Crippen LogP contribution in [0.15, 0.2) is 18.2 Å². The molecule has 1 aliphatic heterocycles. The molecule has 0 bridgehead atoms. The van der Waals surface area contributed by atoms with Crippen LogP contribution in [-0.4, -0.2) is 31.0 Å². The van der Waals surface area contributed by atoms with Gasteiger partial charge in [0.1, 0.15) is 17.7 Å². The molecule has 0 radical (unpaired) electrons. The molecule has 0 aromatic heterocycles. The Balaban J connectivity index is 2.12. The topological polar surface area (TPSA) is 38.7 Å². The van der Waals surface area contributed by atoms with Gasteiger partial charge in [-0.2, -0.15) is 0 Å². The highest BCUT2D eigenvalue weighted by Crippen LogP contribution is 2.22. The SMILES string of the molecule is OCCC#Cc1ccc(F)cc1OC1CCCOC1. The minimum Gasteiger partial charge on any atom is -0.487 e. The lowest BCUT2D eigenvalue weighted by atomic mass is 10.1. The zero-order chi connectivity index (χ0) is 13.5. The first kappa shape index (κ1) is 13.9. The highest BCUT2D eigenvalue weighted by molar-refractivity contribution is 5.46. The molecule has 1 atom stereocenters. The minimum absolute atomic E-state index is 0.0147. The van der Waals surface area contributed by atoms with E-state index in [0.717, 1.165) is 19.4 Å². The third-order valence-corrected chi connectivity index (χ3v) is 2.82. The summed E-state index contributed by atoms with van der Waals surface area (Å²) in [5, 5.41) is 8.71. The van der Waals surface area contributed by atoms with E-state index in [9.17, 15) is 4.39 Å². The van der Waals surface area contributed by atoms with Gasteiger partial charge in [-0.1, -0.05) is 11.8 Å². The Morgan fingerprint density at radius 1 is 1.47 bits per heavy atom. The van der Waals surface area contributed by atoms with Crippen LogP contribution in [0.1, 0.15) is 24.8 Å². The zero-order valence-electron chi connectivity index (χ0n) is 10.7. The van der Waals surface area contributed by atoms with Crippen molar-refractivity contribution in [3.63, 3.8) is 0 Å². The summed E-state index contributed by atoms with van der Waals surface area (Å²) in [4.78, 5) is 0. The van der Waals surface area contributed by atoms with Crippen LogP contribution < -0.4 is 4.74 Å². The largest absolute Gasteiger partial charge is 0.487 e. The molecule has 1 N–H and O–H groups in total. The zero-order valence-corrected chi connectivity index (χ0v) is 10.7. The smallest absolute Gasteiger partial charge is 0.138 e. The molecular weight excluding hydrogens is 247 g/mol. The Labute approximate surface area is 112 Å². The van der Waals surface area contributed by atoms with Crippen molar-refractivity contribution < 1.29 is 19.0 Å². The average Bonchev–Trinajstić information content (AvgIpc) is 2.43. The van der Waals surface area contributed by atoms with Crippen molar-refractivity contribution in [2.24, 2.45) is 0 Å². The summed E-state index contributed by atoms with van der Waals surface area (Å²) >= 11 is 0. The number of aliphatic hydroxyl groups excluding tert-OH is 1. The summed E-state index contributed by atoms with van der Waals surface area (Å²) in [5.41, 5.74) is 0.639. The van der Waals surface area contributed by atoms with Gasteiger partial charge in [0.2, 0.25) is 0 Å². The Hall–Kier alpha value is -1.57. The second-order valence-corrected chi connectivity index (χ2v) is 4.37. The molecule has 0 amide bonds. The molecule has 0 saturated carbocycles. The van der Waals surface area contributed by atoms with Gasteiger partial charge in [0.25, 0.3) is 0 Å². The molecule has 1 heterocycles. The van der Waals surface area contributed by atoms with E-state index in [0.29, 0.717) is 24.3 Å². The van der Waals surface area contributed by atoms with E-state index >= 15 is 0 Å². The van der Waals surface area contributed by atoms with Crippen LogP contribution in [-0.2, 0) is 4.74 Å². The molecule has 0 aliphatic carbocycles.